The molecular formula is C33H16F12O6. The second-order valence-electron chi connectivity index (χ2n) is 9.89. The van der Waals surface area contributed by atoms with Gasteiger partial charge < -0.3 is 18.9 Å². The molecule has 0 aliphatic heterocycles. The average molecular weight is 736 g/mol. The lowest BCUT2D eigenvalue weighted by Gasteiger charge is -2.38. The summed E-state index contributed by atoms with van der Waals surface area (Å²) in [5.41, 5.74) is -7.89. The van der Waals surface area contributed by atoms with E-state index in [2.05, 4.69) is 9.47 Å². The Labute approximate surface area is 277 Å². The van der Waals surface area contributed by atoms with Crippen LogP contribution >= 0.6 is 0 Å². The third kappa shape index (κ3) is 8.45. The Morgan fingerprint density at radius 2 is 0.647 bits per heavy atom. The van der Waals surface area contributed by atoms with Crippen LogP contribution in [0.15, 0.2) is 121 Å². The third-order valence-electron chi connectivity index (χ3n) is 6.74. The van der Waals surface area contributed by atoms with Crippen LogP contribution in [-0.2, 0) is 5.41 Å². The van der Waals surface area contributed by atoms with Gasteiger partial charge >= 0.3 is 48.5 Å². The van der Waals surface area contributed by atoms with Crippen LogP contribution in [0.3, 0.4) is 0 Å². The normalized spacial score (nSPS) is 11.7. The zero-order valence-electron chi connectivity index (χ0n) is 24.7. The van der Waals surface area contributed by atoms with Crippen molar-refractivity contribution in [2.75, 3.05) is 0 Å². The summed E-state index contributed by atoms with van der Waals surface area (Å²) in [6.45, 7) is 0. The van der Waals surface area contributed by atoms with Gasteiger partial charge in [-0.1, -0.05) is 24.3 Å². The van der Waals surface area contributed by atoms with Gasteiger partial charge in [0, 0.05) is 0 Å². The van der Waals surface area contributed by atoms with Gasteiger partial charge in [-0.15, -0.1) is 0 Å². The molecule has 0 saturated heterocycles. The quantitative estimate of drug-likeness (QED) is 0.0699. The van der Waals surface area contributed by atoms with Gasteiger partial charge in [0.1, 0.15) is 23.0 Å². The molecule has 0 amide bonds. The highest BCUT2D eigenvalue weighted by atomic mass is 19.4. The number of halogens is 12. The highest BCUT2D eigenvalue weighted by Crippen LogP contribution is 2.56. The molecule has 0 aliphatic carbocycles. The summed E-state index contributed by atoms with van der Waals surface area (Å²) in [6, 6.07) is 7.40. The van der Waals surface area contributed by atoms with E-state index in [-0.39, 0.29) is 11.1 Å². The molecule has 0 heterocycles. The van der Waals surface area contributed by atoms with E-state index in [0.29, 0.717) is 48.5 Å². The van der Waals surface area contributed by atoms with Gasteiger partial charge in [0.05, 0.1) is 11.1 Å². The number of ether oxygens (including phenoxy) is 4. The van der Waals surface area contributed by atoms with Crippen molar-refractivity contribution in [1.82, 2.24) is 0 Å². The molecule has 0 saturated carbocycles. The Morgan fingerprint density at radius 3 is 0.902 bits per heavy atom. The van der Waals surface area contributed by atoms with E-state index in [4.69, 9.17) is 9.47 Å². The molecule has 0 N–H and O–H groups in total. The molecule has 0 spiro atoms. The summed E-state index contributed by atoms with van der Waals surface area (Å²) in [5.74, 6) is -4.21. The predicted octanol–water partition coefficient (Wildman–Crippen LogP) is 10.4. The largest absolute Gasteiger partial charge is 0.428 e. The van der Waals surface area contributed by atoms with Crippen molar-refractivity contribution >= 4 is 11.9 Å². The molecule has 0 atom stereocenters. The SMILES string of the molecule is O=C(Oc1ccc(C(c2ccc(OC(=O)c3ccc(OC(F)=C(F)F)cc3)cc2)(C(F)(F)F)C(F)(F)F)cc1)c1ccc(OC(F)=C(F)F)cc1. The van der Waals surface area contributed by atoms with Gasteiger partial charge in [-0.2, -0.15) is 52.7 Å². The molecule has 0 aliphatic rings. The molecule has 0 unspecified atom stereocenters. The minimum Gasteiger partial charge on any atom is -0.428 e. The highest BCUT2D eigenvalue weighted by molar-refractivity contribution is 5.91. The molecule has 18 heteroatoms. The molecule has 0 bridgehead atoms. The van der Waals surface area contributed by atoms with E-state index in [9.17, 15) is 62.3 Å². The smallest absolute Gasteiger partial charge is 0.411 e. The van der Waals surface area contributed by atoms with Crippen molar-refractivity contribution in [3.05, 3.63) is 144 Å². The first-order chi connectivity index (χ1) is 23.8. The molecule has 4 rings (SSSR count). The first kappa shape index (κ1) is 37.9. The number of hydrogen-bond donors (Lipinski definition) is 0. The fourth-order valence-corrected chi connectivity index (χ4v) is 4.46. The van der Waals surface area contributed by atoms with Crippen LogP contribution < -0.4 is 18.9 Å². The molecule has 4 aromatic rings. The first-order valence-electron chi connectivity index (χ1n) is 13.6. The molecule has 6 nitrogen and oxygen atoms in total. The van der Waals surface area contributed by atoms with Gasteiger partial charge in [-0.25, -0.2) is 9.59 Å². The van der Waals surface area contributed by atoms with Gasteiger partial charge in [0.25, 0.3) is 0 Å². The van der Waals surface area contributed by atoms with Gasteiger partial charge in [0.15, 0.2) is 0 Å². The number of rotatable bonds is 10. The van der Waals surface area contributed by atoms with E-state index >= 15 is 0 Å². The number of hydrogen-bond acceptors (Lipinski definition) is 6. The molecule has 0 aromatic heterocycles. The van der Waals surface area contributed by atoms with Crippen LogP contribution in [0.2, 0.25) is 0 Å². The Bertz CT molecular complexity index is 1780. The van der Waals surface area contributed by atoms with E-state index < -0.39 is 88.0 Å². The standard InChI is InChI=1S/C33H16F12O6/c34-25(35)27(38)48-21-9-1-17(2-10-21)29(46)50-23-13-5-19(6-14-23)31(32(40,41)42,33(43,44)45)20-7-15-24(16-8-20)51-30(47)18-3-11-22(12-4-18)49-28(39)26(36)37/h1-16H. The number of carbonyl (C=O) groups is 2. The Morgan fingerprint density at radius 1 is 0.392 bits per heavy atom. The van der Waals surface area contributed by atoms with Gasteiger partial charge in [-0.3, -0.25) is 0 Å². The van der Waals surface area contributed by atoms with E-state index in [1.54, 1.807) is 0 Å². The van der Waals surface area contributed by atoms with Crippen LogP contribution in [0.4, 0.5) is 52.7 Å². The highest BCUT2D eigenvalue weighted by Gasteiger charge is 2.72. The van der Waals surface area contributed by atoms with Crippen molar-refractivity contribution in [3.63, 3.8) is 0 Å². The number of alkyl halides is 6. The fourth-order valence-electron chi connectivity index (χ4n) is 4.46. The summed E-state index contributed by atoms with van der Waals surface area (Å²) in [5, 5.41) is 0. The maximum atomic E-state index is 14.6. The number of esters is 2. The predicted molar refractivity (Wildman–Crippen MR) is 151 cm³/mol. The van der Waals surface area contributed by atoms with Crippen LogP contribution in [0, 0.1) is 0 Å². The zero-order valence-corrected chi connectivity index (χ0v) is 24.7. The van der Waals surface area contributed by atoms with E-state index in [0.717, 1.165) is 48.5 Å². The summed E-state index contributed by atoms with van der Waals surface area (Å²) >= 11 is 0. The topological polar surface area (TPSA) is 71.1 Å². The molecule has 0 fully saturated rings. The van der Waals surface area contributed by atoms with Crippen LogP contribution in [0.1, 0.15) is 31.8 Å². The van der Waals surface area contributed by atoms with Crippen molar-refractivity contribution in [2.24, 2.45) is 0 Å². The van der Waals surface area contributed by atoms with Crippen molar-refractivity contribution in [2.45, 2.75) is 17.8 Å². The van der Waals surface area contributed by atoms with Crippen LogP contribution in [0.25, 0.3) is 0 Å². The Balaban J connectivity index is 1.56. The molecule has 268 valence electrons. The number of carbonyl (C=O) groups excluding carboxylic acids is 2. The summed E-state index contributed by atoms with van der Waals surface area (Å²) < 4.78 is 180. The first-order valence-corrected chi connectivity index (χ1v) is 13.6. The van der Waals surface area contributed by atoms with Crippen molar-refractivity contribution < 1.29 is 81.2 Å². The van der Waals surface area contributed by atoms with E-state index in [1.807, 2.05) is 0 Å². The molecular weight excluding hydrogens is 720 g/mol. The monoisotopic (exact) mass is 736 g/mol. The third-order valence-corrected chi connectivity index (χ3v) is 6.74. The maximum absolute atomic E-state index is 14.6. The second kappa shape index (κ2) is 14.9. The fraction of sp³-hybridized carbons (Fsp3) is 0.0909. The molecule has 0 radical (unpaired) electrons. The summed E-state index contributed by atoms with van der Waals surface area (Å²) in [7, 11) is 0. The van der Waals surface area contributed by atoms with Crippen LogP contribution in [0.5, 0.6) is 23.0 Å². The van der Waals surface area contributed by atoms with Gasteiger partial charge in [-0.05, 0) is 83.9 Å². The zero-order chi connectivity index (χ0) is 37.7. The van der Waals surface area contributed by atoms with E-state index in [1.165, 1.54) is 0 Å². The summed E-state index contributed by atoms with van der Waals surface area (Å²) in [4.78, 5) is 24.9. The van der Waals surface area contributed by atoms with Gasteiger partial charge in [0.2, 0.25) is 5.41 Å². The lowest BCUT2D eigenvalue weighted by atomic mass is 9.73. The number of benzene rings is 4. The van der Waals surface area contributed by atoms with Crippen LogP contribution in [-0.4, -0.2) is 24.3 Å². The molecule has 51 heavy (non-hydrogen) atoms. The van der Waals surface area contributed by atoms with Crippen molar-refractivity contribution in [1.29, 1.82) is 0 Å². The van der Waals surface area contributed by atoms with Crippen molar-refractivity contribution in [3.8, 4) is 23.0 Å². The molecule has 4 aromatic carbocycles. The lowest BCUT2D eigenvalue weighted by Crippen LogP contribution is -2.54. The lowest BCUT2D eigenvalue weighted by molar-refractivity contribution is -0.288. The Kier molecular flexibility index (Phi) is 11.1. The Hall–Kier alpha value is -5.94. The maximum Gasteiger partial charge on any atom is 0.411 e. The average Bonchev–Trinajstić information content (AvgIpc) is 3.05. The minimum atomic E-state index is -6.02. The minimum absolute atomic E-state index is 0.277. The second-order valence-corrected chi connectivity index (χ2v) is 9.89. The summed E-state index contributed by atoms with van der Waals surface area (Å²) in [6.07, 6.45) is -17.5.